The maximum Gasteiger partial charge on any atom is 0.309 e. The molecule has 0 aromatic carbocycles. The van der Waals surface area contributed by atoms with Crippen LogP contribution in [0.4, 0.5) is 0 Å². The van der Waals surface area contributed by atoms with E-state index in [0.717, 1.165) is 51.4 Å². The molecule has 416 valence electrons. The van der Waals surface area contributed by atoms with Crippen molar-refractivity contribution >= 4 is 23.9 Å². The van der Waals surface area contributed by atoms with Crippen molar-refractivity contribution in [1.29, 1.82) is 0 Å². The van der Waals surface area contributed by atoms with E-state index in [0.29, 0.717) is 25.7 Å². The highest BCUT2D eigenvalue weighted by Gasteiger charge is 2.35. The van der Waals surface area contributed by atoms with Gasteiger partial charge in [-0.1, -0.05) is 48.6 Å². The summed E-state index contributed by atoms with van der Waals surface area (Å²) in [5.74, 6) is -1.30. The van der Waals surface area contributed by atoms with Gasteiger partial charge < -0.3 is 56.8 Å². The molecule has 4 aliphatic rings. The molecule has 0 aromatic heterocycles. The molecule has 0 N–H and O–H groups in total. The number of allylic oxidation sites excluding steroid dienone is 8. The minimum atomic E-state index is -0.845. The molecule has 4 aliphatic carbocycles. The molecule has 0 aromatic rings. The van der Waals surface area contributed by atoms with Crippen molar-refractivity contribution in [1.82, 2.24) is 0 Å². The molecule has 0 fully saturated rings. The fourth-order valence-electron chi connectivity index (χ4n) is 8.75. The lowest BCUT2D eigenvalue weighted by Gasteiger charge is -2.34. The molecular formula is C57H92O16. The zero-order valence-electron chi connectivity index (χ0n) is 45.5. The van der Waals surface area contributed by atoms with E-state index in [1.807, 2.05) is 79.7 Å². The summed E-state index contributed by atoms with van der Waals surface area (Å²) in [5, 5.41) is 0. The third-order valence-electron chi connectivity index (χ3n) is 13.2. The van der Waals surface area contributed by atoms with Gasteiger partial charge in [-0.3, -0.25) is 19.2 Å². The van der Waals surface area contributed by atoms with Gasteiger partial charge in [0.25, 0.3) is 0 Å². The van der Waals surface area contributed by atoms with E-state index in [4.69, 9.17) is 56.8 Å². The van der Waals surface area contributed by atoms with Gasteiger partial charge >= 0.3 is 23.9 Å². The van der Waals surface area contributed by atoms with Crippen molar-refractivity contribution in [2.45, 2.75) is 181 Å². The second kappa shape index (κ2) is 35.0. The highest BCUT2D eigenvalue weighted by atomic mass is 16.6. The van der Waals surface area contributed by atoms with Crippen molar-refractivity contribution in [2.24, 2.45) is 29.1 Å². The van der Waals surface area contributed by atoms with Crippen LogP contribution in [0.2, 0.25) is 0 Å². The van der Waals surface area contributed by atoms with Gasteiger partial charge in [0.15, 0.2) is 0 Å². The van der Waals surface area contributed by atoms with Crippen LogP contribution in [-0.4, -0.2) is 152 Å². The Morgan fingerprint density at radius 1 is 0.342 bits per heavy atom. The first kappa shape index (κ1) is 62.1. The first-order valence-electron chi connectivity index (χ1n) is 27.3. The maximum atomic E-state index is 12.7. The molecule has 0 aliphatic heterocycles. The van der Waals surface area contributed by atoms with Gasteiger partial charge in [-0.25, -0.2) is 0 Å². The molecule has 12 atom stereocenters. The van der Waals surface area contributed by atoms with Crippen LogP contribution in [0.1, 0.15) is 132 Å². The smallest absolute Gasteiger partial charge is 0.309 e. The lowest BCUT2D eigenvalue weighted by atomic mass is 9.92. The summed E-state index contributed by atoms with van der Waals surface area (Å²) in [6.45, 7) is 17.4. The number of hydrogen-bond donors (Lipinski definition) is 0. The zero-order valence-corrected chi connectivity index (χ0v) is 45.5. The molecule has 0 bridgehead atoms. The van der Waals surface area contributed by atoms with Gasteiger partial charge in [-0.15, -0.1) is 0 Å². The van der Waals surface area contributed by atoms with Crippen LogP contribution in [-0.2, 0) is 76.0 Å². The summed E-state index contributed by atoms with van der Waals surface area (Å²) in [6.07, 6.45) is 22.9. The standard InChI is InChI=1S/C57H92O16/c1-41(66-33-45(5)70-53(58)49-21-13-9-14-22-49)29-62-37-57(38-63-30-42(2)67-34-46(6)71-54(59)50-23-15-10-16-24-50,39-64-31-43(3)68-35-47(7)72-55(60)51-25-17-11-18-26-51)40-65-32-44(4)69-36-48(8)73-56(61)52-27-19-12-20-28-52/h9-13,15,17,19,41-52H,14,16,18,20-40H2,1-8H3. The molecule has 4 rings (SSSR count). The van der Waals surface area contributed by atoms with E-state index < -0.39 is 29.8 Å². The minimum Gasteiger partial charge on any atom is -0.460 e. The Morgan fingerprint density at radius 3 is 0.753 bits per heavy atom. The average Bonchev–Trinajstić information content (AvgIpc) is 3.39. The SMILES string of the molecule is CC(COCC(COCC(C)OCC(C)OC(=O)C1CC=CCC1)(COCC(C)OCC(C)OC(=O)C1CC=CCC1)COCC(C)OCC(C)OC(=O)C1CC=CCC1)OCC(C)OC(=O)C1CC=CCC1. The van der Waals surface area contributed by atoms with Crippen molar-refractivity contribution < 1.29 is 76.0 Å². The van der Waals surface area contributed by atoms with Crippen LogP contribution in [0.25, 0.3) is 0 Å². The first-order chi connectivity index (χ1) is 35.1. The second-order valence-corrected chi connectivity index (χ2v) is 21.1. The van der Waals surface area contributed by atoms with Gasteiger partial charge in [0.2, 0.25) is 0 Å². The lowest BCUT2D eigenvalue weighted by molar-refractivity contribution is -0.160. The number of carbonyl (C=O) groups excluding carboxylic acids is 4. The molecule has 0 spiro atoms. The van der Waals surface area contributed by atoms with Gasteiger partial charge in [-0.05, 0) is 132 Å². The van der Waals surface area contributed by atoms with E-state index in [2.05, 4.69) is 24.3 Å². The zero-order chi connectivity index (χ0) is 52.9. The van der Waals surface area contributed by atoms with Gasteiger partial charge in [0.1, 0.15) is 24.4 Å². The third-order valence-corrected chi connectivity index (χ3v) is 13.2. The van der Waals surface area contributed by atoms with Crippen molar-refractivity contribution in [3.05, 3.63) is 48.6 Å². The largest absolute Gasteiger partial charge is 0.460 e. The highest BCUT2D eigenvalue weighted by molar-refractivity contribution is 5.74. The first-order valence-corrected chi connectivity index (χ1v) is 27.3. The number of ether oxygens (including phenoxy) is 12. The van der Waals surface area contributed by atoms with Crippen molar-refractivity contribution in [3.8, 4) is 0 Å². The molecular weight excluding hydrogens is 941 g/mol. The molecule has 0 saturated carbocycles. The number of carbonyl (C=O) groups is 4. The summed E-state index contributed by atoms with van der Waals surface area (Å²) in [7, 11) is 0. The highest BCUT2D eigenvalue weighted by Crippen LogP contribution is 2.26. The Hall–Kier alpha value is -3.48. The van der Waals surface area contributed by atoms with E-state index in [-0.39, 0.29) is 151 Å². The number of esters is 4. The van der Waals surface area contributed by atoms with E-state index >= 15 is 0 Å². The predicted octanol–water partition coefficient (Wildman–Crippen LogP) is 8.81. The second-order valence-electron chi connectivity index (χ2n) is 21.1. The molecule has 16 nitrogen and oxygen atoms in total. The lowest BCUT2D eigenvalue weighted by Crippen LogP contribution is -2.44. The normalized spacial score (nSPS) is 24.0. The van der Waals surface area contributed by atoms with E-state index in [1.54, 1.807) is 0 Å². The Balaban J connectivity index is 1.36. The van der Waals surface area contributed by atoms with Crippen LogP contribution >= 0.6 is 0 Å². The summed E-state index contributed by atoms with van der Waals surface area (Å²) in [5.41, 5.74) is -0.845. The van der Waals surface area contributed by atoms with Gasteiger partial charge in [0.05, 0.1) is 133 Å². The maximum absolute atomic E-state index is 12.7. The summed E-state index contributed by atoms with van der Waals surface area (Å²) in [6, 6.07) is 0. The Morgan fingerprint density at radius 2 is 0.562 bits per heavy atom. The molecule has 0 amide bonds. The van der Waals surface area contributed by atoms with Crippen molar-refractivity contribution in [3.63, 3.8) is 0 Å². The van der Waals surface area contributed by atoms with Gasteiger partial charge in [-0.2, -0.15) is 0 Å². The fraction of sp³-hybridized carbons (Fsp3) is 0.789. The molecule has 73 heavy (non-hydrogen) atoms. The molecule has 0 radical (unpaired) electrons. The van der Waals surface area contributed by atoms with E-state index in [9.17, 15) is 19.2 Å². The summed E-state index contributed by atoms with van der Waals surface area (Å²) < 4.78 is 72.9. The molecule has 16 heteroatoms. The number of hydrogen-bond acceptors (Lipinski definition) is 16. The topological polar surface area (TPSA) is 179 Å². The predicted molar refractivity (Wildman–Crippen MR) is 276 cm³/mol. The van der Waals surface area contributed by atoms with Crippen LogP contribution in [0.15, 0.2) is 48.6 Å². The average molecular weight is 1030 g/mol. The van der Waals surface area contributed by atoms with Crippen molar-refractivity contribution in [2.75, 3.05) is 79.3 Å². The monoisotopic (exact) mass is 1030 g/mol. The number of rotatable bonds is 36. The van der Waals surface area contributed by atoms with Crippen LogP contribution in [0, 0.1) is 29.1 Å². The fourth-order valence-corrected chi connectivity index (χ4v) is 8.75. The third kappa shape index (κ3) is 25.7. The van der Waals surface area contributed by atoms with Gasteiger partial charge in [0, 0.05) is 0 Å². The van der Waals surface area contributed by atoms with Crippen LogP contribution in [0.5, 0.6) is 0 Å². The Bertz CT molecular complexity index is 1470. The van der Waals surface area contributed by atoms with Crippen LogP contribution in [0.3, 0.4) is 0 Å². The Labute approximate surface area is 436 Å². The quantitative estimate of drug-likeness (QED) is 0.0330. The Kier molecular flexibility index (Phi) is 29.7. The summed E-state index contributed by atoms with van der Waals surface area (Å²) in [4.78, 5) is 51.0. The molecule has 12 unspecified atom stereocenters. The van der Waals surface area contributed by atoms with E-state index in [1.165, 1.54) is 0 Å². The molecule has 0 heterocycles. The van der Waals surface area contributed by atoms with Crippen LogP contribution < -0.4 is 0 Å². The minimum absolute atomic E-state index is 0.127. The molecule has 0 saturated heterocycles. The summed E-state index contributed by atoms with van der Waals surface area (Å²) >= 11 is 0.